The SMILES string of the molecule is CC(N)N1CC2CC2C1. The lowest BCUT2D eigenvalue weighted by Gasteiger charge is -2.21. The fourth-order valence-electron chi connectivity index (χ4n) is 1.77. The second-order valence-electron chi connectivity index (χ2n) is 3.45. The zero-order valence-corrected chi connectivity index (χ0v) is 5.88. The maximum absolute atomic E-state index is 5.71. The van der Waals surface area contributed by atoms with Crippen LogP contribution in [-0.4, -0.2) is 24.2 Å². The van der Waals surface area contributed by atoms with E-state index < -0.39 is 0 Å². The predicted octanol–water partition coefficient (Wildman–Crippen LogP) is 0.243. The molecular weight excluding hydrogens is 112 g/mol. The van der Waals surface area contributed by atoms with E-state index in [4.69, 9.17) is 5.73 Å². The van der Waals surface area contributed by atoms with Gasteiger partial charge in [0.05, 0.1) is 6.17 Å². The Labute approximate surface area is 56.0 Å². The third-order valence-electron chi connectivity index (χ3n) is 2.58. The van der Waals surface area contributed by atoms with Crippen molar-refractivity contribution in [1.29, 1.82) is 0 Å². The molecule has 0 aromatic heterocycles. The van der Waals surface area contributed by atoms with Crippen LogP contribution in [0, 0.1) is 11.8 Å². The Hall–Kier alpha value is -0.0800. The van der Waals surface area contributed by atoms with Crippen LogP contribution in [0.1, 0.15) is 13.3 Å². The van der Waals surface area contributed by atoms with Gasteiger partial charge in [0.1, 0.15) is 0 Å². The smallest absolute Gasteiger partial charge is 0.0542 e. The van der Waals surface area contributed by atoms with Crippen molar-refractivity contribution in [2.75, 3.05) is 13.1 Å². The Morgan fingerprint density at radius 2 is 2.00 bits per heavy atom. The van der Waals surface area contributed by atoms with Gasteiger partial charge in [0.25, 0.3) is 0 Å². The topological polar surface area (TPSA) is 29.3 Å². The molecule has 0 aromatic carbocycles. The fourth-order valence-corrected chi connectivity index (χ4v) is 1.77. The lowest BCUT2D eigenvalue weighted by Crippen LogP contribution is -2.38. The molecule has 1 heterocycles. The predicted molar refractivity (Wildman–Crippen MR) is 36.8 cm³/mol. The minimum Gasteiger partial charge on any atom is -0.316 e. The number of nitrogens with two attached hydrogens (primary N) is 1. The van der Waals surface area contributed by atoms with Gasteiger partial charge in [0.15, 0.2) is 0 Å². The van der Waals surface area contributed by atoms with Crippen LogP contribution in [-0.2, 0) is 0 Å². The van der Waals surface area contributed by atoms with Gasteiger partial charge >= 0.3 is 0 Å². The van der Waals surface area contributed by atoms with Gasteiger partial charge in [-0.15, -0.1) is 0 Å². The van der Waals surface area contributed by atoms with Crippen molar-refractivity contribution >= 4 is 0 Å². The molecule has 0 radical (unpaired) electrons. The molecule has 0 spiro atoms. The number of nitrogens with zero attached hydrogens (tertiary/aromatic N) is 1. The summed E-state index contributed by atoms with van der Waals surface area (Å²) in [6.07, 6.45) is 1.77. The molecule has 1 saturated heterocycles. The molecular formula is C7H14N2. The first kappa shape index (κ1) is 5.69. The summed E-state index contributed by atoms with van der Waals surface area (Å²) < 4.78 is 0. The summed E-state index contributed by atoms with van der Waals surface area (Å²) in [7, 11) is 0. The molecule has 2 N–H and O–H groups in total. The van der Waals surface area contributed by atoms with Crippen molar-refractivity contribution in [3.63, 3.8) is 0 Å². The molecule has 1 aliphatic heterocycles. The minimum absolute atomic E-state index is 0.290. The third kappa shape index (κ3) is 0.864. The summed E-state index contributed by atoms with van der Waals surface area (Å²) in [6, 6.07) is 0. The van der Waals surface area contributed by atoms with Gasteiger partial charge in [-0.3, -0.25) is 4.90 Å². The van der Waals surface area contributed by atoms with Gasteiger partial charge in [-0.2, -0.15) is 0 Å². The van der Waals surface area contributed by atoms with Gasteiger partial charge in [0, 0.05) is 13.1 Å². The largest absolute Gasteiger partial charge is 0.316 e. The normalized spacial score (nSPS) is 44.7. The number of piperidine rings is 1. The number of rotatable bonds is 1. The lowest BCUT2D eigenvalue weighted by atomic mass is 10.4. The quantitative estimate of drug-likeness (QED) is 0.545. The van der Waals surface area contributed by atoms with Gasteiger partial charge in [-0.05, 0) is 25.2 Å². The van der Waals surface area contributed by atoms with Crippen molar-refractivity contribution in [3.05, 3.63) is 0 Å². The Kier molecular flexibility index (Phi) is 1.08. The average molecular weight is 126 g/mol. The van der Waals surface area contributed by atoms with E-state index in [-0.39, 0.29) is 6.17 Å². The maximum Gasteiger partial charge on any atom is 0.0542 e. The first-order valence-electron chi connectivity index (χ1n) is 3.77. The summed E-state index contributed by atoms with van der Waals surface area (Å²) in [5.74, 6) is 2.05. The first-order chi connectivity index (χ1) is 4.27. The zero-order valence-electron chi connectivity index (χ0n) is 5.88. The van der Waals surface area contributed by atoms with Crippen LogP contribution >= 0.6 is 0 Å². The highest BCUT2D eigenvalue weighted by atomic mass is 15.2. The van der Waals surface area contributed by atoms with E-state index in [1.165, 1.54) is 19.5 Å². The van der Waals surface area contributed by atoms with Gasteiger partial charge in [0.2, 0.25) is 0 Å². The number of likely N-dealkylation sites (tertiary alicyclic amines) is 1. The Morgan fingerprint density at radius 3 is 2.33 bits per heavy atom. The molecule has 2 heteroatoms. The van der Waals surface area contributed by atoms with Gasteiger partial charge in [-0.25, -0.2) is 0 Å². The molecule has 2 rings (SSSR count). The van der Waals surface area contributed by atoms with E-state index in [0.29, 0.717) is 0 Å². The molecule has 52 valence electrons. The van der Waals surface area contributed by atoms with Crippen molar-refractivity contribution < 1.29 is 0 Å². The first-order valence-corrected chi connectivity index (χ1v) is 3.77. The van der Waals surface area contributed by atoms with E-state index in [1.807, 2.05) is 0 Å². The van der Waals surface area contributed by atoms with Crippen LogP contribution in [0.2, 0.25) is 0 Å². The summed E-state index contributed by atoms with van der Waals surface area (Å²) in [4.78, 5) is 2.37. The fraction of sp³-hybridized carbons (Fsp3) is 1.00. The summed E-state index contributed by atoms with van der Waals surface area (Å²) in [5.41, 5.74) is 5.71. The molecule has 0 bridgehead atoms. The van der Waals surface area contributed by atoms with Crippen LogP contribution in [0.3, 0.4) is 0 Å². The summed E-state index contributed by atoms with van der Waals surface area (Å²) >= 11 is 0. The van der Waals surface area contributed by atoms with E-state index in [1.54, 1.807) is 0 Å². The van der Waals surface area contributed by atoms with Crippen molar-refractivity contribution in [2.45, 2.75) is 19.5 Å². The van der Waals surface area contributed by atoms with Crippen LogP contribution in [0.5, 0.6) is 0 Å². The number of fused-ring (bicyclic) bond motifs is 1. The average Bonchev–Trinajstić information content (AvgIpc) is 2.40. The molecule has 0 amide bonds. The molecule has 2 nitrogen and oxygen atoms in total. The molecule has 2 aliphatic rings. The van der Waals surface area contributed by atoms with Crippen LogP contribution in [0.25, 0.3) is 0 Å². The summed E-state index contributed by atoms with van der Waals surface area (Å²) in [6.45, 7) is 4.61. The van der Waals surface area contributed by atoms with Crippen LogP contribution < -0.4 is 5.73 Å². The Bertz CT molecular complexity index is 112. The molecule has 1 aliphatic carbocycles. The molecule has 0 aromatic rings. The minimum atomic E-state index is 0.290. The summed E-state index contributed by atoms with van der Waals surface area (Å²) in [5, 5.41) is 0. The van der Waals surface area contributed by atoms with Gasteiger partial charge < -0.3 is 5.73 Å². The van der Waals surface area contributed by atoms with E-state index in [0.717, 1.165) is 11.8 Å². The highest BCUT2D eigenvalue weighted by Gasteiger charge is 2.45. The number of hydrogen-bond acceptors (Lipinski definition) is 2. The van der Waals surface area contributed by atoms with Gasteiger partial charge in [-0.1, -0.05) is 0 Å². The number of hydrogen-bond donors (Lipinski definition) is 1. The van der Waals surface area contributed by atoms with E-state index in [2.05, 4.69) is 11.8 Å². The van der Waals surface area contributed by atoms with Crippen molar-refractivity contribution in [1.82, 2.24) is 4.90 Å². The molecule has 9 heavy (non-hydrogen) atoms. The molecule has 3 unspecified atom stereocenters. The van der Waals surface area contributed by atoms with Crippen LogP contribution in [0.4, 0.5) is 0 Å². The van der Waals surface area contributed by atoms with E-state index >= 15 is 0 Å². The highest BCUT2D eigenvalue weighted by Crippen LogP contribution is 2.44. The molecule has 1 saturated carbocycles. The van der Waals surface area contributed by atoms with Crippen molar-refractivity contribution in [2.24, 2.45) is 17.6 Å². The second kappa shape index (κ2) is 1.70. The maximum atomic E-state index is 5.71. The Morgan fingerprint density at radius 1 is 1.44 bits per heavy atom. The Balaban J connectivity index is 1.90. The highest BCUT2D eigenvalue weighted by molar-refractivity contribution is 4.97. The lowest BCUT2D eigenvalue weighted by molar-refractivity contribution is 0.238. The van der Waals surface area contributed by atoms with Crippen molar-refractivity contribution in [3.8, 4) is 0 Å². The van der Waals surface area contributed by atoms with E-state index in [9.17, 15) is 0 Å². The zero-order chi connectivity index (χ0) is 6.43. The standard InChI is InChI=1S/C7H14N2/c1-5(8)9-3-6-2-7(6)4-9/h5-7H,2-4,8H2,1H3. The monoisotopic (exact) mass is 126 g/mol. The van der Waals surface area contributed by atoms with Crippen LogP contribution in [0.15, 0.2) is 0 Å². The molecule has 3 atom stereocenters. The second-order valence-corrected chi connectivity index (χ2v) is 3.45. The third-order valence-corrected chi connectivity index (χ3v) is 2.58. The molecule has 2 fully saturated rings.